The largest absolute Gasteiger partial charge is 0.303 e. The summed E-state index contributed by atoms with van der Waals surface area (Å²) in [5.74, 6) is 0. The minimum atomic E-state index is -0.332. The van der Waals surface area contributed by atoms with Crippen LogP contribution in [-0.2, 0) is 0 Å². The molecule has 1 N–H and O–H groups in total. The Morgan fingerprint density at radius 1 is 1.30 bits per heavy atom. The molecule has 0 spiro atoms. The van der Waals surface area contributed by atoms with E-state index in [0.29, 0.717) is 6.04 Å². The second-order valence-corrected chi connectivity index (χ2v) is 6.72. The Morgan fingerprint density at radius 2 is 1.95 bits per heavy atom. The summed E-state index contributed by atoms with van der Waals surface area (Å²) in [5.41, 5.74) is -0.332. The van der Waals surface area contributed by atoms with E-state index in [-0.39, 0.29) is 5.54 Å². The van der Waals surface area contributed by atoms with Gasteiger partial charge < -0.3 is 4.90 Å². The van der Waals surface area contributed by atoms with Crippen molar-refractivity contribution >= 4 is 0 Å². The van der Waals surface area contributed by atoms with Crippen LogP contribution in [0.2, 0.25) is 0 Å². The molecule has 1 saturated carbocycles. The van der Waals surface area contributed by atoms with Gasteiger partial charge in [0.15, 0.2) is 0 Å². The Kier molecular flexibility index (Phi) is 7.55. The quantitative estimate of drug-likeness (QED) is 0.736. The Morgan fingerprint density at radius 3 is 2.45 bits per heavy atom. The molecule has 0 amide bonds. The molecule has 1 aliphatic carbocycles. The van der Waals surface area contributed by atoms with Crippen LogP contribution >= 0.6 is 0 Å². The number of nitriles is 1. The van der Waals surface area contributed by atoms with Gasteiger partial charge in [-0.3, -0.25) is 5.32 Å². The lowest BCUT2D eigenvalue weighted by Crippen LogP contribution is -2.47. The highest BCUT2D eigenvalue weighted by Gasteiger charge is 2.28. The highest BCUT2D eigenvalue weighted by atomic mass is 15.1. The second kappa shape index (κ2) is 8.64. The molecular weight excluding hydrogens is 246 g/mol. The summed E-state index contributed by atoms with van der Waals surface area (Å²) in [5, 5.41) is 13.0. The number of hydrogen-bond donors (Lipinski definition) is 1. The number of nitrogens with one attached hydrogen (secondary N) is 1. The number of nitrogens with zero attached hydrogens (tertiary/aromatic N) is 2. The Bertz CT molecular complexity index is 302. The third-order valence-electron chi connectivity index (χ3n) is 4.69. The van der Waals surface area contributed by atoms with Crippen molar-refractivity contribution in [2.75, 3.05) is 13.6 Å². The predicted molar refractivity (Wildman–Crippen MR) is 85.6 cm³/mol. The van der Waals surface area contributed by atoms with Crippen molar-refractivity contribution in [3.8, 4) is 6.07 Å². The summed E-state index contributed by atoms with van der Waals surface area (Å²) in [6, 6.07) is 3.66. The van der Waals surface area contributed by atoms with Crippen LogP contribution in [0.25, 0.3) is 0 Å². The van der Waals surface area contributed by atoms with Crippen molar-refractivity contribution in [2.45, 2.75) is 89.8 Å². The van der Waals surface area contributed by atoms with Gasteiger partial charge in [-0.05, 0) is 59.5 Å². The van der Waals surface area contributed by atoms with Crippen LogP contribution in [0.1, 0.15) is 72.1 Å². The van der Waals surface area contributed by atoms with Gasteiger partial charge >= 0.3 is 0 Å². The molecule has 3 heteroatoms. The summed E-state index contributed by atoms with van der Waals surface area (Å²) in [6.45, 7) is 7.48. The topological polar surface area (TPSA) is 39.1 Å². The summed E-state index contributed by atoms with van der Waals surface area (Å²) in [6.07, 6.45) is 9.85. The van der Waals surface area contributed by atoms with Crippen molar-refractivity contribution in [1.29, 1.82) is 5.26 Å². The molecule has 1 unspecified atom stereocenters. The molecule has 0 aliphatic heterocycles. The van der Waals surface area contributed by atoms with Gasteiger partial charge in [-0.25, -0.2) is 0 Å². The van der Waals surface area contributed by atoms with E-state index in [9.17, 15) is 5.26 Å². The van der Waals surface area contributed by atoms with Gasteiger partial charge in [0.05, 0.1) is 6.07 Å². The first-order valence-corrected chi connectivity index (χ1v) is 8.42. The molecule has 1 fully saturated rings. The number of rotatable bonds is 8. The van der Waals surface area contributed by atoms with Crippen LogP contribution in [0.4, 0.5) is 0 Å². The molecule has 0 aromatic heterocycles. The van der Waals surface area contributed by atoms with Crippen molar-refractivity contribution in [2.24, 2.45) is 0 Å². The zero-order valence-electron chi connectivity index (χ0n) is 13.9. The minimum Gasteiger partial charge on any atom is -0.303 e. The van der Waals surface area contributed by atoms with E-state index < -0.39 is 0 Å². The summed E-state index contributed by atoms with van der Waals surface area (Å²) in [4.78, 5) is 2.52. The molecule has 0 aromatic carbocycles. The molecule has 1 atom stereocenters. The van der Waals surface area contributed by atoms with E-state index >= 15 is 0 Å². The first-order chi connectivity index (χ1) is 9.53. The molecule has 0 saturated heterocycles. The molecule has 3 nitrogen and oxygen atoms in total. The Hall–Kier alpha value is -0.590. The molecule has 0 aromatic rings. The second-order valence-electron chi connectivity index (χ2n) is 6.72. The Labute approximate surface area is 125 Å². The van der Waals surface area contributed by atoms with E-state index in [1.807, 2.05) is 0 Å². The van der Waals surface area contributed by atoms with Crippen LogP contribution in [0, 0.1) is 11.3 Å². The average Bonchev–Trinajstić information content (AvgIpc) is 2.46. The first kappa shape index (κ1) is 17.5. The van der Waals surface area contributed by atoms with E-state index in [4.69, 9.17) is 0 Å². The lowest BCUT2D eigenvalue weighted by atomic mass is 9.90. The maximum atomic E-state index is 9.51. The van der Waals surface area contributed by atoms with Crippen LogP contribution in [-0.4, -0.2) is 36.1 Å². The van der Waals surface area contributed by atoms with Gasteiger partial charge in [0.2, 0.25) is 0 Å². The molecule has 0 bridgehead atoms. The van der Waals surface area contributed by atoms with Gasteiger partial charge in [-0.1, -0.05) is 26.2 Å². The van der Waals surface area contributed by atoms with Gasteiger partial charge in [0.1, 0.15) is 5.54 Å². The summed E-state index contributed by atoms with van der Waals surface area (Å²) >= 11 is 0. The van der Waals surface area contributed by atoms with E-state index in [2.05, 4.69) is 44.1 Å². The van der Waals surface area contributed by atoms with Gasteiger partial charge in [0.25, 0.3) is 0 Å². The normalized spacial score (nSPS) is 20.1. The highest BCUT2D eigenvalue weighted by Crippen LogP contribution is 2.23. The molecule has 116 valence electrons. The molecular formula is C17H33N3. The molecule has 1 rings (SSSR count). The first-order valence-electron chi connectivity index (χ1n) is 8.42. The zero-order valence-corrected chi connectivity index (χ0v) is 13.9. The standard InChI is InChI=1S/C17H33N3/c1-5-17(14-18,19-15(2)3)12-9-13-20(4)16-10-7-6-8-11-16/h15-16,19H,5-13H2,1-4H3. The molecule has 20 heavy (non-hydrogen) atoms. The molecule has 1 aliphatic rings. The van der Waals surface area contributed by atoms with Crippen molar-refractivity contribution in [3.05, 3.63) is 0 Å². The van der Waals surface area contributed by atoms with Gasteiger partial charge in [-0.2, -0.15) is 5.26 Å². The van der Waals surface area contributed by atoms with Crippen LogP contribution in [0.3, 0.4) is 0 Å². The minimum absolute atomic E-state index is 0.332. The third kappa shape index (κ3) is 5.42. The maximum absolute atomic E-state index is 9.51. The molecule has 0 radical (unpaired) electrons. The smallest absolute Gasteiger partial charge is 0.106 e. The van der Waals surface area contributed by atoms with E-state index in [1.165, 1.54) is 32.1 Å². The lowest BCUT2D eigenvalue weighted by Gasteiger charge is -2.33. The van der Waals surface area contributed by atoms with Crippen LogP contribution in [0.15, 0.2) is 0 Å². The van der Waals surface area contributed by atoms with E-state index in [1.54, 1.807) is 0 Å². The van der Waals surface area contributed by atoms with Crippen molar-refractivity contribution < 1.29 is 0 Å². The van der Waals surface area contributed by atoms with Crippen LogP contribution in [0.5, 0.6) is 0 Å². The number of hydrogen-bond acceptors (Lipinski definition) is 3. The SMILES string of the molecule is CCC(C#N)(CCCN(C)C1CCCCC1)NC(C)C. The third-order valence-corrected chi connectivity index (χ3v) is 4.69. The fourth-order valence-electron chi connectivity index (χ4n) is 3.41. The van der Waals surface area contributed by atoms with Gasteiger partial charge in [-0.15, -0.1) is 0 Å². The fraction of sp³-hybridized carbons (Fsp3) is 0.941. The fourth-order valence-corrected chi connectivity index (χ4v) is 3.41. The van der Waals surface area contributed by atoms with Crippen molar-refractivity contribution in [1.82, 2.24) is 10.2 Å². The summed E-state index contributed by atoms with van der Waals surface area (Å²) < 4.78 is 0. The zero-order chi connectivity index (χ0) is 15.0. The Balaban J connectivity index is 2.38. The van der Waals surface area contributed by atoms with Crippen molar-refractivity contribution in [3.63, 3.8) is 0 Å². The summed E-state index contributed by atoms with van der Waals surface area (Å²) in [7, 11) is 2.26. The lowest BCUT2D eigenvalue weighted by molar-refractivity contribution is 0.182. The van der Waals surface area contributed by atoms with Crippen LogP contribution < -0.4 is 5.32 Å². The monoisotopic (exact) mass is 279 g/mol. The van der Waals surface area contributed by atoms with Gasteiger partial charge in [0, 0.05) is 12.1 Å². The molecule has 0 heterocycles. The van der Waals surface area contributed by atoms with E-state index in [0.717, 1.165) is 31.8 Å². The maximum Gasteiger partial charge on any atom is 0.106 e. The predicted octanol–water partition coefficient (Wildman–Crippen LogP) is 3.70. The average molecular weight is 279 g/mol. The highest BCUT2D eigenvalue weighted by molar-refractivity contribution is 5.06.